The Bertz CT molecular complexity index is 595. The Balaban J connectivity index is 1.88. The van der Waals surface area contributed by atoms with Crippen LogP contribution in [0.4, 0.5) is 5.69 Å². The summed E-state index contributed by atoms with van der Waals surface area (Å²) in [6.07, 6.45) is 4.18. The zero-order chi connectivity index (χ0) is 18.1. The lowest BCUT2D eigenvalue weighted by molar-refractivity contribution is -0.140. The van der Waals surface area contributed by atoms with Crippen LogP contribution in [0, 0.1) is 0 Å². The van der Waals surface area contributed by atoms with Gasteiger partial charge in [0, 0.05) is 23.7 Å². The molecule has 0 aliphatic carbocycles. The highest BCUT2D eigenvalue weighted by Gasteiger charge is 2.14. The second-order valence-electron chi connectivity index (χ2n) is 5.70. The number of hydrogen-bond acceptors (Lipinski definition) is 5. The summed E-state index contributed by atoms with van der Waals surface area (Å²) in [6, 6.07) is 5.59. The Kier molecular flexibility index (Phi) is 8.81. The molecule has 8 heteroatoms. The Labute approximate surface area is 163 Å². The van der Waals surface area contributed by atoms with E-state index in [1.807, 2.05) is 17.1 Å². The average Bonchev–Trinajstić information content (AvgIpc) is 2.63. The van der Waals surface area contributed by atoms with Crippen LogP contribution in [0.3, 0.4) is 0 Å². The molecule has 0 radical (unpaired) electrons. The van der Waals surface area contributed by atoms with Gasteiger partial charge in [0.25, 0.3) is 0 Å². The van der Waals surface area contributed by atoms with E-state index in [0.29, 0.717) is 16.7 Å². The monoisotopic (exact) mass is 401 g/mol. The number of benzene rings is 1. The van der Waals surface area contributed by atoms with Gasteiger partial charge in [0.1, 0.15) is 0 Å². The third-order valence-electron chi connectivity index (χ3n) is 3.65. The number of carbonyl (C=O) groups excluding carboxylic acids is 1. The predicted molar refractivity (Wildman–Crippen MR) is 108 cm³/mol. The van der Waals surface area contributed by atoms with Crippen LogP contribution >= 0.6 is 35.6 Å². The van der Waals surface area contributed by atoms with E-state index in [9.17, 15) is 4.79 Å². The van der Waals surface area contributed by atoms with Gasteiger partial charge in [-0.3, -0.25) is 9.80 Å². The highest BCUT2D eigenvalue weighted by Crippen LogP contribution is 2.30. The summed E-state index contributed by atoms with van der Waals surface area (Å²) in [5, 5.41) is 6.41. The van der Waals surface area contributed by atoms with Crippen LogP contribution in [0.15, 0.2) is 23.1 Å². The normalized spacial score (nSPS) is 14.2. The third kappa shape index (κ3) is 7.01. The van der Waals surface area contributed by atoms with Crippen LogP contribution in [-0.4, -0.2) is 41.5 Å². The maximum atomic E-state index is 11.7. The van der Waals surface area contributed by atoms with E-state index in [4.69, 9.17) is 28.6 Å². The van der Waals surface area contributed by atoms with Crippen molar-refractivity contribution >= 4 is 52.3 Å². The molecule has 2 rings (SSSR count). The predicted octanol–water partition coefficient (Wildman–Crippen LogP) is 4.07. The van der Waals surface area contributed by atoms with Gasteiger partial charge >= 0.3 is 5.97 Å². The van der Waals surface area contributed by atoms with Gasteiger partial charge in [-0.15, -0.1) is 11.8 Å². The number of ether oxygens (including phenoxy) is 1. The number of thioether (sulfide) groups is 1. The van der Waals surface area contributed by atoms with Gasteiger partial charge in [0.15, 0.2) is 5.11 Å². The third-order valence-corrected chi connectivity index (χ3v) is 5.44. The molecule has 1 heterocycles. The number of carbonyl (C=O) groups is 1. The molecule has 1 saturated heterocycles. The molecule has 2 N–H and O–H groups in total. The molecular weight excluding hydrogens is 378 g/mol. The average molecular weight is 402 g/mol. The van der Waals surface area contributed by atoms with E-state index in [0.717, 1.165) is 49.4 Å². The largest absolute Gasteiger partial charge is 0.465 e. The molecule has 0 amide bonds. The van der Waals surface area contributed by atoms with Gasteiger partial charge in [-0.25, -0.2) is 5.43 Å². The number of halogens is 1. The maximum Gasteiger partial charge on any atom is 0.316 e. The van der Waals surface area contributed by atoms with E-state index >= 15 is 0 Å². The molecule has 138 valence electrons. The molecular formula is C17H24ClN3O2S2. The Hall–Kier alpha value is -1.02. The summed E-state index contributed by atoms with van der Waals surface area (Å²) in [5.74, 6) is 0.0197. The van der Waals surface area contributed by atoms with Crippen LogP contribution in [-0.2, 0) is 9.53 Å². The summed E-state index contributed by atoms with van der Waals surface area (Å²) in [4.78, 5) is 12.6. The number of hydrogen-bond donors (Lipinski definition) is 2. The van der Waals surface area contributed by atoms with Crippen molar-refractivity contribution in [1.29, 1.82) is 0 Å². The number of nitrogens with zero attached hydrogens (tertiary/aromatic N) is 1. The van der Waals surface area contributed by atoms with Gasteiger partial charge in [-0.05, 0) is 49.7 Å². The van der Waals surface area contributed by atoms with Crippen LogP contribution < -0.4 is 10.7 Å². The van der Waals surface area contributed by atoms with Crippen molar-refractivity contribution in [2.24, 2.45) is 0 Å². The molecule has 5 nitrogen and oxygen atoms in total. The first kappa shape index (κ1) is 20.3. The van der Waals surface area contributed by atoms with Gasteiger partial charge in [-0.2, -0.15) is 0 Å². The first-order valence-corrected chi connectivity index (χ1v) is 10.3. The topological polar surface area (TPSA) is 53.6 Å². The summed E-state index contributed by atoms with van der Waals surface area (Å²) < 4.78 is 5.16. The van der Waals surface area contributed by atoms with E-state index in [-0.39, 0.29) is 11.7 Å². The molecule has 0 aromatic heterocycles. The Morgan fingerprint density at radius 2 is 2.32 bits per heavy atom. The lowest BCUT2D eigenvalue weighted by atomic mass is 10.3. The first-order chi connectivity index (χ1) is 12.1. The standard InChI is InChI=1S/C17H24ClN3O2S2/c1-2-3-10-23-16(22)12-25-15-11-13(6-7-14(15)18)20-17(24)21-9-5-4-8-19-21/h6-7,11,19H,2-5,8-10,12H2,1H3,(H,20,24). The van der Waals surface area contributed by atoms with Gasteiger partial charge in [0.2, 0.25) is 0 Å². The fourth-order valence-electron chi connectivity index (χ4n) is 2.25. The van der Waals surface area contributed by atoms with E-state index in [1.165, 1.54) is 11.8 Å². The second-order valence-corrected chi connectivity index (χ2v) is 7.52. The molecule has 25 heavy (non-hydrogen) atoms. The van der Waals surface area contributed by atoms with E-state index in [2.05, 4.69) is 17.7 Å². The number of thiocarbonyl (C=S) groups is 1. The Morgan fingerprint density at radius 1 is 1.48 bits per heavy atom. The lowest BCUT2D eigenvalue weighted by Crippen LogP contribution is -2.48. The lowest BCUT2D eigenvalue weighted by Gasteiger charge is -2.30. The van der Waals surface area contributed by atoms with Crippen LogP contribution in [0.2, 0.25) is 5.02 Å². The molecule has 0 bridgehead atoms. The number of anilines is 1. The van der Waals surface area contributed by atoms with Crippen molar-refractivity contribution in [2.75, 3.05) is 30.8 Å². The zero-order valence-electron chi connectivity index (χ0n) is 14.3. The van der Waals surface area contributed by atoms with Crippen LogP contribution in [0.1, 0.15) is 32.6 Å². The number of hydrazine groups is 1. The summed E-state index contributed by atoms with van der Waals surface area (Å²) in [6.45, 7) is 4.36. The minimum absolute atomic E-state index is 0.221. The zero-order valence-corrected chi connectivity index (χ0v) is 16.7. The van der Waals surface area contributed by atoms with Crippen molar-refractivity contribution in [3.63, 3.8) is 0 Å². The van der Waals surface area contributed by atoms with E-state index in [1.54, 1.807) is 6.07 Å². The number of rotatable bonds is 7. The summed E-state index contributed by atoms with van der Waals surface area (Å²) in [5.41, 5.74) is 4.12. The van der Waals surface area contributed by atoms with Crippen molar-refractivity contribution in [3.05, 3.63) is 23.2 Å². The molecule has 0 atom stereocenters. The molecule has 1 aromatic rings. The van der Waals surface area contributed by atoms with Crippen molar-refractivity contribution in [2.45, 2.75) is 37.5 Å². The summed E-state index contributed by atoms with van der Waals surface area (Å²) in [7, 11) is 0. The fourth-order valence-corrected chi connectivity index (χ4v) is 3.58. The first-order valence-electron chi connectivity index (χ1n) is 8.50. The minimum Gasteiger partial charge on any atom is -0.465 e. The van der Waals surface area contributed by atoms with Crippen molar-refractivity contribution in [1.82, 2.24) is 10.4 Å². The number of nitrogens with one attached hydrogen (secondary N) is 2. The molecule has 1 fully saturated rings. The molecule has 1 aliphatic rings. The molecule has 1 aliphatic heterocycles. The van der Waals surface area contributed by atoms with Crippen LogP contribution in [0.25, 0.3) is 0 Å². The molecule has 1 aromatic carbocycles. The fraction of sp³-hybridized carbons (Fsp3) is 0.529. The summed E-state index contributed by atoms with van der Waals surface area (Å²) >= 11 is 13.0. The smallest absolute Gasteiger partial charge is 0.316 e. The minimum atomic E-state index is -0.221. The molecule has 0 unspecified atom stereocenters. The van der Waals surface area contributed by atoms with Crippen molar-refractivity contribution in [3.8, 4) is 0 Å². The van der Waals surface area contributed by atoms with E-state index < -0.39 is 0 Å². The van der Waals surface area contributed by atoms with Crippen molar-refractivity contribution < 1.29 is 9.53 Å². The highest BCUT2D eigenvalue weighted by molar-refractivity contribution is 8.00. The maximum absolute atomic E-state index is 11.7. The Morgan fingerprint density at radius 3 is 3.04 bits per heavy atom. The van der Waals surface area contributed by atoms with Crippen LogP contribution in [0.5, 0.6) is 0 Å². The number of esters is 1. The molecule has 0 spiro atoms. The quantitative estimate of drug-likeness (QED) is 0.309. The molecule has 0 saturated carbocycles. The SMILES string of the molecule is CCCCOC(=O)CSc1cc(NC(=S)N2CCCCN2)ccc1Cl. The number of unbranched alkanes of at least 4 members (excludes halogenated alkanes) is 1. The van der Waals surface area contributed by atoms with Gasteiger partial charge in [-0.1, -0.05) is 24.9 Å². The highest BCUT2D eigenvalue weighted by atomic mass is 35.5. The van der Waals surface area contributed by atoms with Gasteiger partial charge in [0.05, 0.1) is 17.4 Å². The van der Waals surface area contributed by atoms with Gasteiger partial charge < -0.3 is 10.1 Å². The second kappa shape index (κ2) is 10.9.